The van der Waals surface area contributed by atoms with Crippen molar-refractivity contribution >= 4 is 28.6 Å². The Balaban J connectivity index is 2.47. The Morgan fingerprint density at radius 3 is 2.15 bits per heavy atom. The average molecular weight is 296 g/mol. The van der Waals surface area contributed by atoms with Gasteiger partial charge < -0.3 is 11.1 Å². The molecule has 0 fully saturated rings. The van der Waals surface area contributed by atoms with Crippen LogP contribution in [0.3, 0.4) is 0 Å². The minimum atomic E-state index is -0.893. The third-order valence-electron chi connectivity index (χ3n) is 2.80. The lowest BCUT2D eigenvalue weighted by Crippen LogP contribution is -2.11. The van der Waals surface area contributed by atoms with Crippen LogP contribution in [0.5, 0.6) is 0 Å². The van der Waals surface area contributed by atoms with Gasteiger partial charge in [0.05, 0.1) is 5.69 Å². The van der Waals surface area contributed by atoms with Gasteiger partial charge in [0.15, 0.2) is 0 Å². The van der Waals surface area contributed by atoms with Crippen molar-refractivity contribution < 1.29 is 13.2 Å². The average Bonchev–Trinajstić information content (AvgIpc) is 2.36. The number of benzene rings is 2. The molecule has 0 saturated carbocycles. The molecule has 0 amide bonds. The van der Waals surface area contributed by atoms with Gasteiger partial charge in [-0.05, 0) is 30.7 Å². The van der Waals surface area contributed by atoms with Gasteiger partial charge in [-0.1, -0.05) is 24.4 Å². The fourth-order valence-corrected chi connectivity index (χ4v) is 1.87. The van der Waals surface area contributed by atoms with Crippen LogP contribution in [0.2, 0.25) is 0 Å². The van der Waals surface area contributed by atoms with Crippen LogP contribution in [0.15, 0.2) is 30.3 Å². The van der Waals surface area contributed by atoms with E-state index in [0.717, 1.165) is 12.1 Å². The third kappa shape index (κ3) is 2.75. The second kappa shape index (κ2) is 5.50. The van der Waals surface area contributed by atoms with Crippen LogP contribution in [0, 0.1) is 24.4 Å². The first-order chi connectivity index (χ1) is 9.40. The van der Waals surface area contributed by atoms with Crippen molar-refractivity contribution in [3.63, 3.8) is 0 Å². The van der Waals surface area contributed by atoms with Crippen molar-refractivity contribution in [1.29, 1.82) is 0 Å². The number of nitrogens with two attached hydrogens (primary N) is 1. The van der Waals surface area contributed by atoms with Crippen molar-refractivity contribution in [1.82, 2.24) is 0 Å². The Morgan fingerprint density at radius 2 is 1.65 bits per heavy atom. The predicted molar refractivity (Wildman–Crippen MR) is 76.7 cm³/mol. The van der Waals surface area contributed by atoms with Crippen molar-refractivity contribution in [2.75, 3.05) is 5.32 Å². The highest BCUT2D eigenvalue weighted by Crippen LogP contribution is 2.28. The molecule has 0 unspecified atom stereocenters. The van der Waals surface area contributed by atoms with E-state index in [4.69, 9.17) is 5.73 Å². The molecule has 2 nitrogen and oxygen atoms in total. The normalized spacial score (nSPS) is 10.4. The van der Waals surface area contributed by atoms with Gasteiger partial charge in [-0.25, -0.2) is 13.2 Å². The van der Waals surface area contributed by atoms with Crippen LogP contribution in [-0.2, 0) is 0 Å². The van der Waals surface area contributed by atoms with E-state index in [1.54, 1.807) is 13.0 Å². The number of para-hydroxylation sites is 1. The molecule has 0 atom stereocenters. The first-order valence-electron chi connectivity index (χ1n) is 5.71. The predicted octanol–water partition coefficient (Wildman–Crippen LogP) is 3.79. The van der Waals surface area contributed by atoms with Crippen molar-refractivity contribution in [3.8, 4) is 0 Å². The van der Waals surface area contributed by atoms with E-state index in [9.17, 15) is 13.2 Å². The molecule has 3 N–H and O–H groups in total. The van der Waals surface area contributed by atoms with Gasteiger partial charge >= 0.3 is 0 Å². The lowest BCUT2D eigenvalue weighted by molar-refractivity contribution is 0.588. The van der Waals surface area contributed by atoms with Crippen LogP contribution in [0.1, 0.15) is 11.1 Å². The number of rotatable bonds is 3. The number of hydrogen-bond donors (Lipinski definition) is 2. The first kappa shape index (κ1) is 14.3. The molecule has 0 aliphatic carbocycles. The summed E-state index contributed by atoms with van der Waals surface area (Å²) >= 11 is 4.66. The number of nitrogens with one attached hydrogen (secondary N) is 1. The second-order valence-electron chi connectivity index (χ2n) is 4.24. The number of anilines is 2. The summed E-state index contributed by atoms with van der Waals surface area (Å²) in [6.07, 6.45) is 0. The van der Waals surface area contributed by atoms with Gasteiger partial charge in [0.2, 0.25) is 0 Å². The van der Waals surface area contributed by atoms with Crippen LogP contribution in [-0.4, -0.2) is 4.99 Å². The molecule has 0 aliphatic rings. The first-order valence-corrected chi connectivity index (χ1v) is 6.12. The quantitative estimate of drug-likeness (QED) is 0.846. The minimum Gasteiger partial charge on any atom is -0.389 e. The lowest BCUT2D eigenvalue weighted by Gasteiger charge is -2.13. The molecule has 0 spiro atoms. The molecule has 0 heterocycles. The van der Waals surface area contributed by atoms with E-state index >= 15 is 0 Å². The number of thiocarbonyl (C=S) groups is 1. The number of aryl methyl sites for hydroxylation is 1. The monoisotopic (exact) mass is 296 g/mol. The fraction of sp³-hybridized carbons (Fsp3) is 0.0714. The Hall–Kier alpha value is -2.08. The summed E-state index contributed by atoms with van der Waals surface area (Å²) in [7, 11) is 0. The number of halogens is 3. The fourth-order valence-electron chi connectivity index (χ4n) is 1.75. The molecular weight excluding hydrogens is 285 g/mol. The van der Waals surface area contributed by atoms with Crippen LogP contribution in [0.25, 0.3) is 0 Å². The highest BCUT2D eigenvalue weighted by Gasteiger charge is 2.15. The van der Waals surface area contributed by atoms with Crippen molar-refractivity contribution in [3.05, 3.63) is 58.9 Å². The Kier molecular flexibility index (Phi) is 3.94. The molecule has 0 bridgehead atoms. The Bertz CT molecular complexity index is 643. The lowest BCUT2D eigenvalue weighted by atomic mass is 10.1. The highest BCUT2D eigenvalue weighted by molar-refractivity contribution is 7.80. The van der Waals surface area contributed by atoms with Gasteiger partial charge in [0.25, 0.3) is 0 Å². The molecule has 2 aromatic carbocycles. The molecule has 20 heavy (non-hydrogen) atoms. The third-order valence-corrected chi connectivity index (χ3v) is 3.03. The van der Waals surface area contributed by atoms with E-state index < -0.39 is 23.1 Å². The molecule has 0 aliphatic heterocycles. The maximum Gasteiger partial charge on any atom is 0.150 e. The summed E-state index contributed by atoms with van der Waals surface area (Å²) in [6.45, 7) is 1.63. The van der Waals surface area contributed by atoms with Gasteiger partial charge in [0, 0.05) is 5.56 Å². The van der Waals surface area contributed by atoms with E-state index in [1.807, 2.05) is 0 Å². The molecule has 0 aromatic heterocycles. The molecular formula is C14H11F3N2S. The van der Waals surface area contributed by atoms with E-state index in [0.29, 0.717) is 5.56 Å². The molecule has 0 saturated heterocycles. The minimum absolute atomic E-state index is 0.0216. The van der Waals surface area contributed by atoms with Gasteiger partial charge in [-0.3, -0.25) is 0 Å². The van der Waals surface area contributed by atoms with Gasteiger partial charge in [-0.15, -0.1) is 0 Å². The summed E-state index contributed by atoms with van der Waals surface area (Å²) in [4.78, 5) is -0.114. The molecule has 6 heteroatoms. The molecule has 104 valence electrons. The maximum absolute atomic E-state index is 13.9. The Morgan fingerprint density at radius 1 is 1.05 bits per heavy atom. The van der Waals surface area contributed by atoms with Crippen LogP contribution >= 0.6 is 12.2 Å². The molecule has 2 aromatic rings. The summed E-state index contributed by atoms with van der Waals surface area (Å²) < 4.78 is 41.4. The summed E-state index contributed by atoms with van der Waals surface area (Å²) in [5, 5.41) is 2.43. The summed E-state index contributed by atoms with van der Waals surface area (Å²) in [5.74, 6) is -2.38. The second-order valence-corrected chi connectivity index (χ2v) is 4.68. The van der Waals surface area contributed by atoms with Crippen LogP contribution in [0.4, 0.5) is 24.5 Å². The summed E-state index contributed by atoms with van der Waals surface area (Å²) in [6, 6.07) is 6.35. The zero-order valence-electron chi connectivity index (χ0n) is 10.5. The zero-order valence-corrected chi connectivity index (χ0v) is 11.3. The topological polar surface area (TPSA) is 38.0 Å². The summed E-state index contributed by atoms with van der Waals surface area (Å²) in [5.41, 5.74) is 5.50. The van der Waals surface area contributed by atoms with Gasteiger partial charge in [-0.2, -0.15) is 0 Å². The molecule has 2 rings (SSSR count). The van der Waals surface area contributed by atoms with E-state index in [2.05, 4.69) is 17.5 Å². The van der Waals surface area contributed by atoms with Crippen molar-refractivity contribution in [2.24, 2.45) is 5.73 Å². The van der Waals surface area contributed by atoms with E-state index in [-0.39, 0.29) is 16.2 Å². The standard InChI is InChI=1S/C14H11F3N2S/c1-7-3-2-4-9(15)12(7)19-13-10(16)5-8(14(18)20)6-11(13)17/h2-6,19H,1H3,(H2,18,20). The smallest absolute Gasteiger partial charge is 0.150 e. The highest BCUT2D eigenvalue weighted by atomic mass is 32.1. The van der Waals surface area contributed by atoms with E-state index in [1.165, 1.54) is 12.1 Å². The van der Waals surface area contributed by atoms with Crippen LogP contribution < -0.4 is 11.1 Å². The molecule has 0 radical (unpaired) electrons. The Labute approximate surface area is 119 Å². The zero-order chi connectivity index (χ0) is 14.9. The van der Waals surface area contributed by atoms with Crippen molar-refractivity contribution in [2.45, 2.75) is 6.92 Å². The SMILES string of the molecule is Cc1cccc(F)c1Nc1c(F)cc(C(N)=S)cc1F. The maximum atomic E-state index is 13.9. The number of hydrogen-bond acceptors (Lipinski definition) is 2. The van der Waals surface area contributed by atoms with Gasteiger partial charge in [0.1, 0.15) is 28.1 Å². The largest absolute Gasteiger partial charge is 0.389 e.